The number of rotatable bonds is 3. The van der Waals surface area contributed by atoms with Crippen LogP contribution in [0.2, 0.25) is 0 Å². The van der Waals surface area contributed by atoms with Crippen molar-refractivity contribution in [3.63, 3.8) is 0 Å². The van der Waals surface area contributed by atoms with Gasteiger partial charge in [-0.15, -0.1) is 0 Å². The normalized spacial score (nSPS) is 20.6. The van der Waals surface area contributed by atoms with E-state index in [0.717, 1.165) is 11.5 Å². The molecule has 0 radical (unpaired) electrons. The van der Waals surface area contributed by atoms with Crippen molar-refractivity contribution in [1.29, 1.82) is 0 Å². The van der Waals surface area contributed by atoms with Gasteiger partial charge in [0.25, 0.3) is 0 Å². The molecule has 0 saturated carbocycles. The van der Waals surface area contributed by atoms with Crippen LogP contribution in [0, 0.1) is 0 Å². The van der Waals surface area contributed by atoms with Crippen LogP contribution in [-0.2, 0) is 10.5 Å². The summed E-state index contributed by atoms with van der Waals surface area (Å²) in [6.07, 6.45) is -0.00754. The highest BCUT2D eigenvalue weighted by atomic mass is 32.1. The van der Waals surface area contributed by atoms with E-state index >= 15 is 0 Å². The van der Waals surface area contributed by atoms with Crippen molar-refractivity contribution >= 4 is 12.6 Å². The van der Waals surface area contributed by atoms with Crippen LogP contribution in [-0.4, -0.2) is 12.9 Å². The highest BCUT2D eigenvalue weighted by Crippen LogP contribution is 2.19. The quantitative estimate of drug-likeness (QED) is 0.569. The number of hydrogen-bond donors (Lipinski definition) is 1. The molecule has 1 atom stereocenters. The smallest absolute Gasteiger partial charge is 0.223 e. The molecule has 1 unspecified atom stereocenters. The van der Waals surface area contributed by atoms with Gasteiger partial charge < -0.3 is 9.47 Å². The number of thiol groups is 1. The molecule has 2 rings (SSSR count). The fourth-order valence-corrected chi connectivity index (χ4v) is 1.14. The van der Waals surface area contributed by atoms with Crippen LogP contribution in [0.1, 0.15) is 5.56 Å². The third-order valence-corrected chi connectivity index (χ3v) is 2.04. The zero-order chi connectivity index (χ0) is 8.39. The molecule has 1 aromatic carbocycles. The van der Waals surface area contributed by atoms with Gasteiger partial charge in [0.05, 0.1) is 0 Å². The Bertz CT molecular complexity index is 254. The van der Waals surface area contributed by atoms with E-state index in [-0.39, 0.29) is 6.29 Å². The molecule has 0 spiro atoms. The minimum atomic E-state index is -0.00754. The molecule has 1 aliphatic rings. The fourth-order valence-electron chi connectivity index (χ4n) is 0.933. The van der Waals surface area contributed by atoms with Gasteiger partial charge in [-0.05, 0) is 17.7 Å². The summed E-state index contributed by atoms with van der Waals surface area (Å²) >= 11 is 4.16. The lowest BCUT2D eigenvalue weighted by atomic mass is 10.2. The van der Waals surface area contributed by atoms with E-state index in [9.17, 15) is 0 Å². The van der Waals surface area contributed by atoms with Crippen molar-refractivity contribution < 1.29 is 9.47 Å². The molecule has 0 N–H and O–H groups in total. The zero-order valence-corrected chi connectivity index (χ0v) is 7.46. The summed E-state index contributed by atoms with van der Waals surface area (Å²) in [5.74, 6) is 1.63. The Morgan fingerprint density at radius 3 is 2.58 bits per heavy atom. The second-order valence-corrected chi connectivity index (χ2v) is 3.00. The first-order chi connectivity index (χ1) is 5.88. The summed E-state index contributed by atoms with van der Waals surface area (Å²) in [5, 5.41) is 0. The monoisotopic (exact) mass is 182 g/mol. The van der Waals surface area contributed by atoms with Gasteiger partial charge in [0.2, 0.25) is 6.29 Å². The van der Waals surface area contributed by atoms with E-state index in [1.807, 2.05) is 24.3 Å². The van der Waals surface area contributed by atoms with Crippen LogP contribution in [0.3, 0.4) is 0 Å². The summed E-state index contributed by atoms with van der Waals surface area (Å²) in [5.41, 5.74) is 1.20. The summed E-state index contributed by atoms with van der Waals surface area (Å²) in [6.45, 7) is 0.717. The van der Waals surface area contributed by atoms with E-state index < -0.39 is 0 Å². The Labute approximate surface area is 76.9 Å². The van der Waals surface area contributed by atoms with Gasteiger partial charge in [-0.2, -0.15) is 12.6 Å². The second-order valence-electron chi connectivity index (χ2n) is 2.68. The Morgan fingerprint density at radius 2 is 2.08 bits per heavy atom. The minimum absolute atomic E-state index is 0.00754. The van der Waals surface area contributed by atoms with E-state index in [0.29, 0.717) is 6.61 Å². The Morgan fingerprint density at radius 1 is 1.42 bits per heavy atom. The van der Waals surface area contributed by atoms with Crippen molar-refractivity contribution in [2.45, 2.75) is 12.0 Å². The SMILES string of the molecule is SCc1ccc(OC2CO2)cc1. The van der Waals surface area contributed by atoms with Crippen molar-refractivity contribution in [3.05, 3.63) is 29.8 Å². The highest BCUT2D eigenvalue weighted by molar-refractivity contribution is 7.79. The minimum Gasteiger partial charge on any atom is -0.462 e. The van der Waals surface area contributed by atoms with Gasteiger partial charge in [-0.3, -0.25) is 0 Å². The molecular weight excluding hydrogens is 172 g/mol. The Balaban J connectivity index is 2.02. The molecule has 64 valence electrons. The van der Waals surface area contributed by atoms with Crippen molar-refractivity contribution in [2.24, 2.45) is 0 Å². The van der Waals surface area contributed by atoms with Crippen LogP contribution in [0.4, 0.5) is 0 Å². The third kappa shape index (κ3) is 1.93. The predicted molar refractivity (Wildman–Crippen MR) is 49.5 cm³/mol. The average molecular weight is 182 g/mol. The standard InChI is InChI=1S/C9H10O2S/c12-6-7-1-3-8(4-2-7)11-9-5-10-9/h1-4,9,12H,5-6H2. The highest BCUT2D eigenvalue weighted by Gasteiger charge is 2.24. The maximum atomic E-state index is 5.38. The molecule has 0 aromatic heterocycles. The fraction of sp³-hybridized carbons (Fsp3) is 0.333. The largest absolute Gasteiger partial charge is 0.462 e. The molecule has 12 heavy (non-hydrogen) atoms. The number of hydrogen-bond acceptors (Lipinski definition) is 3. The van der Waals surface area contributed by atoms with Gasteiger partial charge in [0, 0.05) is 5.75 Å². The predicted octanol–water partition coefficient (Wildman–Crippen LogP) is 1.85. The Hall–Kier alpha value is -0.670. The van der Waals surface area contributed by atoms with Crippen molar-refractivity contribution in [1.82, 2.24) is 0 Å². The molecule has 1 saturated heterocycles. The lowest BCUT2D eigenvalue weighted by Gasteiger charge is -2.02. The molecule has 1 aromatic rings. The second kappa shape index (κ2) is 3.37. The van der Waals surface area contributed by atoms with Gasteiger partial charge >= 0.3 is 0 Å². The van der Waals surface area contributed by atoms with Crippen LogP contribution < -0.4 is 4.74 Å². The van der Waals surface area contributed by atoms with Crippen molar-refractivity contribution in [3.8, 4) is 5.75 Å². The van der Waals surface area contributed by atoms with Crippen LogP contribution in [0.25, 0.3) is 0 Å². The van der Waals surface area contributed by atoms with Crippen LogP contribution in [0.15, 0.2) is 24.3 Å². The number of epoxide rings is 1. The maximum Gasteiger partial charge on any atom is 0.223 e. The van der Waals surface area contributed by atoms with E-state index in [1.165, 1.54) is 5.56 Å². The summed E-state index contributed by atoms with van der Waals surface area (Å²) in [4.78, 5) is 0. The first kappa shape index (κ1) is 7.95. The summed E-state index contributed by atoms with van der Waals surface area (Å²) in [7, 11) is 0. The molecule has 1 fully saturated rings. The molecule has 2 nitrogen and oxygen atoms in total. The van der Waals surface area contributed by atoms with E-state index in [4.69, 9.17) is 9.47 Å². The molecule has 0 amide bonds. The number of benzene rings is 1. The molecule has 0 bridgehead atoms. The molecule has 0 aliphatic carbocycles. The number of ether oxygens (including phenoxy) is 2. The summed E-state index contributed by atoms with van der Waals surface area (Å²) in [6, 6.07) is 7.88. The van der Waals surface area contributed by atoms with Gasteiger partial charge in [-0.1, -0.05) is 12.1 Å². The van der Waals surface area contributed by atoms with Crippen LogP contribution in [0.5, 0.6) is 5.75 Å². The zero-order valence-electron chi connectivity index (χ0n) is 6.56. The van der Waals surface area contributed by atoms with Gasteiger partial charge in [-0.25, -0.2) is 0 Å². The van der Waals surface area contributed by atoms with Gasteiger partial charge in [0.15, 0.2) is 0 Å². The molecule has 3 heteroatoms. The average Bonchev–Trinajstić information content (AvgIpc) is 2.90. The topological polar surface area (TPSA) is 21.8 Å². The lowest BCUT2D eigenvalue weighted by Crippen LogP contribution is -1.97. The first-order valence-corrected chi connectivity index (χ1v) is 4.50. The first-order valence-electron chi connectivity index (χ1n) is 3.86. The lowest BCUT2D eigenvalue weighted by molar-refractivity contribution is 0.179. The molecule has 1 aliphatic heterocycles. The summed E-state index contributed by atoms with van der Waals surface area (Å²) < 4.78 is 10.3. The van der Waals surface area contributed by atoms with E-state index in [1.54, 1.807) is 0 Å². The van der Waals surface area contributed by atoms with Crippen molar-refractivity contribution in [2.75, 3.05) is 6.61 Å². The van der Waals surface area contributed by atoms with Gasteiger partial charge in [0.1, 0.15) is 12.4 Å². The maximum absolute atomic E-state index is 5.38. The van der Waals surface area contributed by atoms with Crippen LogP contribution >= 0.6 is 12.6 Å². The molecular formula is C9H10O2S. The molecule has 1 heterocycles. The third-order valence-electron chi connectivity index (χ3n) is 1.68. The Kier molecular flexibility index (Phi) is 2.23. The van der Waals surface area contributed by atoms with E-state index in [2.05, 4.69) is 12.6 Å².